The molecule has 1 aliphatic carbocycles. The van der Waals surface area contributed by atoms with E-state index in [9.17, 15) is 14.4 Å². The molecule has 0 bridgehead atoms. The summed E-state index contributed by atoms with van der Waals surface area (Å²) in [4.78, 5) is 20.7. The number of nitrogens with zero attached hydrogens (tertiary/aromatic N) is 4. The Morgan fingerprint density at radius 2 is 1.87 bits per heavy atom. The first-order chi connectivity index (χ1) is 18.9. The van der Waals surface area contributed by atoms with Crippen molar-refractivity contribution in [2.45, 2.75) is 62.9 Å². The molecule has 2 aliphatic heterocycles. The quantitative estimate of drug-likeness (QED) is 0.526. The Morgan fingerprint density at radius 3 is 2.56 bits per heavy atom. The Bertz CT molecular complexity index is 1180. The van der Waals surface area contributed by atoms with Crippen molar-refractivity contribution in [1.82, 2.24) is 20.0 Å². The zero-order valence-corrected chi connectivity index (χ0v) is 23.5. The van der Waals surface area contributed by atoms with E-state index in [0.29, 0.717) is 29.8 Å². The summed E-state index contributed by atoms with van der Waals surface area (Å²) < 4.78 is 13.7. The third-order valence-corrected chi connectivity index (χ3v) is 9.19. The molecule has 0 aromatic heterocycles. The number of piperidine rings is 1. The Morgan fingerprint density at radius 1 is 1.15 bits per heavy atom. The van der Waals surface area contributed by atoms with Gasteiger partial charge in [-0.25, -0.2) is 4.39 Å². The highest BCUT2D eigenvalue weighted by molar-refractivity contribution is 5.96. The molecule has 3 aliphatic rings. The number of nitrogens with one attached hydrogen (secondary N) is 1. The summed E-state index contributed by atoms with van der Waals surface area (Å²) in [7, 11) is 3.92. The van der Waals surface area contributed by atoms with E-state index >= 15 is 0 Å². The second-order valence-electron chi connectivity index (χ2n) is 11.7. The monoisotopic (exact) mass is 531 g/mol. The first kappa shape index (κ1) is 27.8. The van der Waals surface area contributed by atoms with Gasteiger partial charge in [-0.2, -0.15) is 5.26 Å². The minimum Gasteiger partial charge on any atom is -0.341 e. The highest BCUT2D eigenvalue weighted by Crippen LogP contribution is 2.29. The Hall–Kier alpha value is -2.79. The third-order valence-electron chi connectivity index (χ3n) is 9.19. The summed E-state index contributed by atoms with van der Waals surface area (Å²) in [6.45, 7) is 6.07. The molecular weight excluding hydrogens is 489 g/mol. The first-order valence-corrected chi connectivity index (χ1v) is 14.7. The Kier molecular flexibility index (Phi) is 8.96. The number of aryl methyl sites for hydroxylation is 1. The van der Waals surface area contributed by atoms with Crippen molar-refractivity contribution >= 4 is 5.91 Å². The van der Waals surface area contributed by atoms with Crippen LogP contribution in [0.5, 0.6) is 0 Å². The topological polar surface area (TPSA) is 62.6 Å². The van der Waals surface area contributed by atoms with Crippen molar-refractivity contribution < 1.29 is 9.18 Å². The van der Waals surface area contributed by atoms with Gasteiger partial charge in [0.05, 0.1) is 11.6 Å². The molecule has 1 N–H and O–H groups in total. The minimum absolute atomic E-state index is 0.0219. The normalized spacial score (nSPS) is 19.6. The van der Waals surface area contributed by atoms with Crippen LogP contribution in [0.1, 0.15) is 70.6 Å². The zero-order valence-electron chi connectivity index (χ0n) is 23.5. The fourth-order valence-electron chi connectivity index (χ4n) is 6.69. The van der Waals surface area contributed by atoms with E-state index in [1.165, 1.54) is 38.1 Å². The second-order valence-corrected chi connectivity index (χ2v) is 11.7. The number of hydrogen-bond donors (Lipinski definition) is 1. The van der Waals surface area contributed by atoms with Gasteiger partial charge in [0.1, 0.15) is 5.82 Å². The van der Waals surface area contributed by atoms with E-state index in [-0.39, 0.29) is 17.6 Å². The lowest BCUT2D eigenvalue weighted by atomic mass is 9.86. The number of amides is 1. The number of likely N-dealkylation sites (N-methyl/N-ethyl adjacent to an activating group) is 1. The smallest absolute Gasteiger partial charge is 0.253 e. The minimum atomic E-state index is -0.241. The van der Waals surface area contributed by atoms with E-state index in [1.54, 1.807) is 6.07 Å². The number of halogens is 1. The molecule has 5 rings (SSSR count). The summed E-state index contributed by atoms with van der Waals surface area (Å²) in [5.41, 5.74) is 4.56. The molecule has 1 atom stereocenters. The number of nitriles is 1. The van der Waals surface area contributed by atoms with Crippen LogP contribution in [0.15, 0.2) is 36.4 Å². The van der Waals surface area contributed by atoms with Gasteiger partial charge in [0.25, 0.3) is 5.91 Å². The number of fused-ring (bicyclic) bond motifs is 1. The van der Waals surface area contributed by atoms with E-state index in [0.717, 1.165) is 68.4 Å². The lowest BCUT2D eigenvalue weighted by Gasteiger charge is -2.48. The van der Waals surface area contributed by atoms with Crippen molar-refractivity contribution in [3.63, 3.8) is 0 Å². The predicted molar refractivity (Wildman–Crippen MR) is 152 cm³/mol. The van der Waals surface area contributed by atoms with Gasteiger partial charge in [0, 0.05) is 63.3 Å². The average Bonchev–Trinajstić information content (AvgIpc) is 2.95. The lowest BCUT2D eigenvalue weighted by Crippen LogP contribution is -2.61. The molecule has 2 fully saturated rings. The molecule has 208 valence electrons. The van der Waals surface area contributed by atoms with Crippen molar-refractivity contribution in [3.05, 3.63) is 70.0 Å². The van der Waals surface area contributed by atoms with Gasteiger partial charge in [0.2, 0.25) is 0 Å². The van der Waals surface area contributed by atoms with Gasteiger partial charge in [-0.3, -0.25) is 9.69 Å². The van der Waals surface area contributed by atoms with E-state index < -0.39 is 0 Å². The van der Waals surface area contributed by atoms with Crippen molar-refractivity contribution in [2.24, 2.45) is 0 Å². The summed E-state index contributed by atoms with van der Waals surface area (Å²) in [6.07, 6.45) is 7.35. The molecule has 0 spiro atoms. The standard InChI is InChI=1S/C32H42FN5O/c1-35-28-12-15-38(16-13-28)29-21-37(22-29)14-11-26(24-7-9-27(33)10-8-24)20-36(2)32(39)31-18-23(19-34)17-25-5-3-4-6-30(25)31/h7-10,17-18,26,28-29,35H,3-6,11-16,20-22H2,1-2H3/t26-/m1/s1. The Balaban J connectivity index is 1.23. The summed E-state index contributed by atoms with van der Waals surface area (Å²) in [5.74, 6) is -0.152. The van der Waals surface area contributed by atoms with Crippen LogP contribution in [-0.2, 0) is 12.8 Å². The molecule has 2 aromatic carbocycles. The van der Waals surface area contributed by atoms with Crippen LogP contribution >= 0.6 is 0 Å². The van der Waals surface area contributed by atoms with Gasteiger partial charge >= 0.3 is 0 Å². The molecule has 2 saturated heterocycles. The number of likely N-dealkylation sites (tertiary alicyclic amines) is 2. The fraction of sp³-hybridized carbons (Fsp3) is 0.562. The number of carbonyl (C=O) groups excluding carboxylic acids is 1. The number of benzene rings is 2. The predicted octanol–water partition coefficient (Wildman–Crippen LogP) is 4.19. The van der Waals surface area contributed by atoms with E-state index in [1.807, 2.05) is 30.1 Å². The highest BCUT2D eigenvalue weighted by Gasteiger charge is 2.34. The van der Waals surface area contributed by atoms with Crippen molar-refractivity contribution in [1.29, 1.82) is 5.26 Å². The number of carbonyl (C=O) groups is 1. The second kappa shape index (κ2) is 12.6. The van der Waals surface area contributed by atoms with Crippen LogP contribution in [0.2, 0.25) is 0 Å². The van der Waals surface area contributed by atoms with Crippen LogP contribution in [-0.4, -0.2) is 86.1 Å². The van der Waals surface area contributed by atoms with Gasteiger partial charge in [-0.05, 0) is 99.5 Å². The fourth-order valence-corrected chi connectivity index (χ4v) is 6.69. The van der Waals surface area contributed by atoms with E-state index in [4.69, 9.17) is 0 Å². The van der Waals surface area contributed by atoms with Gasteiger partial charge in [0.15, 0.2) is 0 Å². The number of rotatable bonds is 9. The summed E-state index contributed by atoms with van der Waals surface area (Å²) >= 11 is 0. The van der Waals surface area contributed by atoms with Gasteiger partial charge in [-0.1, -0.05) is 12.1 Å². The molecule has 2 heterocycles. The van der Waals surface area contributed by atoms with Crippen LogP contribution < -0.4 is 5.32 Å². The van der Waals surface area contributed by atoms with Crippen molar-refractivity contribution in [2.75, 3.05) is 53.4 Å². The molecule has 0 saturated carbocycles. The summed E-state index contributed by atoms with van der Waals surface area (Å²) in [5, 5.41) is 13.0. The average molecular weight is 532 g/mol. The molecule has 0 unspecified atom stereocenters. The van der Waals surface area contributed by atoms with Gasteiger partial charge < -0.3 is 15.1 Å². The molecule has 2 aromatic rings. The van der Waals surface area contributed by atoms with Crippen LogP contribution in [0.25, 0.3) is 0 Å². The number of hydrogen-bond acceptors (Lipinski definition) is 5. The molecular formula is C32H42FN5O. The third kappa shape index (κ3) is 6.51. The molecule has 1 amide bonds. The van der Waals surface area contributed by atoms with Crippen LogP contribution in [0, 0.1) is 17.1 Å². The van der Waals surface area contributed by atoms with E-state index in [2.05, 4.69) is 28.2 Å². The SMILES string of the molecule is CNC1CCN(C2CN(CC[C@H](CN(C)C(=O)c3cc(C#N)cc4c3CCCC4)c3ccc(F)cc3)C2)CC1. The maximum Gasteiger partial charge on any atom is 0.253 e. The molecule has 39 heavy (non-hydrogen) atoms. The first-order valence-electron chi connectivity index (χ1n) is 14.7. The van der Waals surface area contributed by atoms with Crippen molar-refractivity contribution in [3.8, 4) is 6.07 Å². The molecule has 0 radical (unpaired) electrons. The maximum atomic E-state index is 13.7. The zero-order chi connectivity index (χ0) is 27.4. The van der Waals surface area contributed by atoms with Gasteiger partial charge in [-0.15, -0.1) is 0 Å². The van der Waals surface area contributed by atoms with Crippen LogP contribution in [0.4, 0.5) is 4.39 Å². The Labute approximate surface area is 232 Å². The lowest BCUT2D eigenvalue weighted by molar-refractivity contribution is 0.0170. The maximum absolute atomic E-state index is 13.7. The molecule has 7 heteroatoms. The van der Waals surface area contributed by atoms with Crippen LogP contribution in [0.3, 0.4) is 0 Å². The summed E-state index contributed by atoms with van der Waals surface area (Å²) in [6, 6.07) is 14.0. The highest BCUT2D eigenvalue weighted by atomic mass is 19.1. The molecule has 6 nitrogen and oxygen atoms in total. The largest absolute Gasteiger partial charge is 0.341 e.